The van der Waals surface area contributed by atoms with Crippen LogP contribution in [-0.4, -0.2) is 35.2 Å². The molecule has 1 aliphatic rings. The van der Waals surface area contributed by atoms with Crippen molar-refractivity contribution in [1.82, 2.24) is 4.90 Å². The zero-order chi connectivity index (χ0) is 11.6. The standard InChI is InChI=1S/C9H14F3NOS/c1-6(7-3-4-7)13(2)8(14)5-15-9(10,11)12/h6-7H,3-5H2,1-2H3/t6-/m0/s1. The van der Waals surface area contributed by atoms with Crippen molar-refractivity contribution >= 4 is 17.7 Å². The Morgan fingerprint density at radius 3 is 2.47 bits per heavy atom. The van der Waals surface area contributed by atoms with Crippen molar-refractivity contribution in [2.75, 3.05) is 12.8 Å². The smallest absolute Gasteiger partial charge is 0.342 e. The monoisotopic (exact) mass is 241 g/mol. The van der Waals surface area contributed by atoms with Crippen LogP contribution in [0.2, 0.25) is 0 Å². The SMILES string of the molecule is C[C@@H](C1CC1)N(C)C(=O)CSC(F)(F)F. The highest BCUT2D eigenvalue weighted by Crippen LogP contribution is 2.35. The van der Waals surface area contributed by atoms with Crippen molar-refractivity contribution in [2.45, 2.75) is 31.3 Å². The number of carbonyl (C=O) groups is 1. The Bertz CT molecular complexity index is 240. The van der Waals surface area contributed by atoms with E-state index in [0.29, 0.717) is 5.92 Å². The van der Waals surface area contributed by atoms with E-state index in [1.165, 1.54) is 4.90 Å². The topological polar surface area (TPSA) is 20.3 Å². The Kier molecular flexibility index (Phi) is 3.92. The molecule has 6 heteroatoms. The summed E-state index contributed by atoms with van der Waals surface area (Å²) < 4.78 is 35.5. The summed E-state index contributed by atoms with van der Waals surface area (Å²) >= 11 is -0.272. The molecular formula is C9H14F3NOS. The average Bonchev–Trinajstić information content (AvgIpc) is 2.93. The highest BCUT2D eigenvalue weighted by atomic mass is 32.2. The molecule has 0 heterocycles. The van der Waals surface area contributed by atoms with Gasteiger partial charge in [0, 0.05) is 13.1 Å². The fraction of sp³-hybridized carbons (Fsp3) is 0.889. The van der Waals surface area contributed by atoms with E-state index in [-0.39, 0.29) is 17.8 Å². The van der Waals surface area contributed by atoms with E-state index in [1.54, 1.807) is 7.05 Å². The molecule has 15 heavy (non-hydrogen) atoms. The first-order valence-electron chi connectivity index (χ1n) is 4.77. The summed E-state index contributed by atoms with van der Waals surface area (Å²) in [6.45, 7) is 1.88. The minimum atomic E-state index is -4.32. The first kappa shape index (κ1) is 12.7. The first-order chi connectivity index (χ1) is 6.81. The van der Waals surface area contributed by atoms with Gasteiger partial charge in [0.15, 0.2) is 0 Å². The van der Waals surface area contributed by atoms with Gasteiger partial charge in [-0.1, -0.05) is 0 Å². The van der Waals surface area contributed by atoms with Crippen LogP contribution in [0.15, 0.2) is 0 Å². The molecule has 0 bridgehead atoms. The van der Waals surface area contributed by atoms with Gasteiger partial charge in [-0.15, -0.1) is 0 Å². The fourth-order valence-corrected chi connectivity index (χ4v) is 1.86. The predicted molar refractivity (Wildman–Crippen MR) is 53.5 cm³/mol. The van der Waals surface area contributed by atoms with Crippen LogP contribution in [0, 0.1) is 5.92 Å². The molecule has 0 aliphatic heterocycles. The minimum Gasteiger partial charge on any atom is -0.342 e. The van der Waals surface area contributed by atoms with Gasteiger partial charge in [0.05, 0.1) is 5.75 Å². The van der Waals surface area contributed by atoms with E-state index in [1.807, 2.05) is 6.92 Å². The number of thioether (sulfide) groups is 1. The highest BCUT2D eigenvalue weighted by molar-refractivity contribution is 8.00. The Morgan fingerprint density at radius 2 is 2.07 bits per heavy atom. The highest BCUT2D eigenvalue weighted by Gasteiger charge is 2.34. The van der Waals surface area contributed by atoms with E-state index in [0.717, 1.165) is 12.8 Å². The molecule has 0 radical (unpaired) electrons. The summed E-state index contributed by atoms with van der Waals surface area (Å²) in [7, 11) is 1.57. The van der Waals surface area contributed by atoms with E-state index >= 15 is 0 Å². The van der Waals surface area contributed by atoms with Crippen molar-refractivity contribution in [3.05, 3.63) is 0 Å². The maximum absolute atomic E-state index is 11.8. The molecule has 1 saturated carbocycles. The van der Waals surface area contributed by atoms with Crippen molar-refractivity contribution < 1.29 is 18.0 Å². The fourth-order valence-electron chi connectivity index (χ4n) is 1.37. The van der Waals surface area contributed by atoms with Gasteiger partial charge in [0.25, 0.3) is 0 Å². The van der Waals surface area contributed by atoms with Crippen molar-refractivity contribution in [2.24, 2.45) is 5.92 Å². The summed E-state index contributed by atoms with van der Waals surface area (Å²) in [5.74, 6) is -0.483. The lowest BCUT2D eigenvalue weighted by Crippen LogP contribution is -2.37. The normalized spacial score (nSPS) is 18.7. The molecule has 0 unspecified atom stereocenters. The van der Waals surface area contributed by atoms with E-state index in [4.69, 9.17) is 0 Å². The molecule has 0 aromatic heterocycles. The summed E-state index contributed by atoms with van der Waals surface area (Å²) in [6, 6.07) is 0.0614. The van der Waals surface area contributed by atoms with Crippen LogP contribution in [-0.2, 0) is 4.79 Å². The Hall–Kier alpha value is -0.390. The zero-order valence-electron chi connectivity index (χ0n) is 8.67. The van der Waals surface area contributed by atoms with Crippen LogP contribution >= 0.6 is 11.8 Å². The number of nitrogens with zero attached hydrogens (tertiary/aromatic N) is 1. The van der Waals surface area contributed by atoms with Gasteiger partial charge in [0.2, 0.25) is 5.91 Å². The average molecular weight is 241 g/mol. The molecule has 0 N–H and O–H groups in total. The third-order valence-electron chi connectivity index (χ3n) is 2.67. The summed E-state index contributed by atoms with van der Waals surface area (Å²) in [6.07, 6.45) is 2.15. The quantitative estimate of drug-likeness (QED) is 0.753. The van der Waals surface area contributed by atoms with Crippen LogP contribution < -0.4 is 0 Å². The molecule has 1 rings (SSSR count). The van der Waals surface area contributed by atoms with Gasteiger partial charge in [0.1, 0.15) is 0 Å². The Balaban J connectivity index is 2.32. The predicted octanol–water partition coefficient (Wildman–Crippen LogP) is 2.50. The van der Waals surface area contributed by atoms with Gasteiger partial charge in [-0.3, -0.25) is 4.79 Å². The van der Waals surface area contributed by atoms with Crippen LogP contribution in [0.5, 0.6) is 0 Å². The van der Waals surface area contributed by atoms with Gasteiger partial charge >= 0.3 is 5.51 Å². The van der Waals surface area contributed by atoms with E-state index in [9.17, 15) is 18.0 Å². The molecule has 1 aliphatic carbocycles. The molecule has 1 atom stereocenters. The lowest BCUT2D eigenvalue weighted by molar-refractivity contribution is -0.129. The first-order valence-corrected chi connectivity index (χ1v) is 5.76. The third kappa shape index (κ3) is 4.32. The second kappa shape index (κ2) is 4.63. The van der Waals surface area contributed by atoms with Crippen molar-refractivity contribution in [3.8, 4) is 0 Å². The van der Waals surface area contributed by atoms with Crippen molar-refractivity contribution in [1.29, 1.82) is 0 Å². The molecular weight excluding hydrogens is 227 g/mol. The molecule has 1 amide bonds. The minimum absolute atomic E-state index is 0.0614. The second-order valence-corrected chi connectivity index (χ2v) is 4.86. The molecule has 0 spiro atoms. The number of alkyl halides is 3. The Morgan fingerprint density at radius 1 is 1.53 bits per heavy atom. The number of hydrogen-bond acceptors (Lipinski definition) is 2. The number of carbonyl (C=O) groups excluding carboxylic acids is 1. The number of amides is 1. The van der Waals surface area contributed by atoms with Gasteiger partial charge < -0.3 is 4.90 Å². The van der Waals surface area contributed by atoms with Gasteiger partial charge in [-0.05, 0) is 37.4 Å². The summed E-state index contributed by atoms with van der Waals surface area (Å²) in [5.41, 5.74) is -4.32. The van der Waals surface area contributed by atoms with Crippen molar-refractivity contribution in [3.63, 3.8) is 0 Å². The number of halogens is 3. The lowest BCUT2D eigenvalue weighted by atomic mass is 10.2. The van der Waals surface area contributed by atoms with E-state index < -0.39 is 17.2 Å². The maximum atomic E-state index is 11.8. The number of hydrogen-bond donors (Lipinski definition) is 0. The van der Waals surface area contributed by atoms with Crippen LogP contribution in [0.1, 0.15) is 19.8 Å². The van der Waals surface area contributed by atoms with E-state index in [2.05, 4.69) is 0 Å². The molecule has 2 nitrogen and oxygen atoms in total. The van der Waals surface area contributed by atoms with Crippen LogP contribution in [0.3, 0.4) is 0 Å². The summed E-state index contributed by atoms with van der Waals surface area (Å²) in [5, 5.41) is 0. The van der Waals surface area contributed by atoms with Gasteiger partial charge in [-0.2, -0.15) is 13.2 Å². The summed E-state index contributed by atoms with van der Waals surface area (Å²) in [4.78, 5) is 12.8. The van der Waals surface area contributed by atoms with Crippen LogP contribution in [0.25, 0.3) is 0 Å². The van der Waals surface area contributed by atoms with Gasteiger partial charge in [-0.25, -0.2) is 0 Å². The molecule has 0 saturated heterocycles. The Labute approximate surface area is 91.2 Å². The van der Waals surface area contributed by atoms with Crippen LogP contribution in [0.4, 0.5) is 13.2 Å². The third-order valence-corrected chi connectivity index (χ3v) is 3.39. The molecule has 0 aromatic carbocycles. The lowest BCUT2D eigenvalue weighted by Gasteiger charge is -2.24. The largest absolute Gasteiger partial charge is 0.442 e. The maximum Gasteiger partial charge on any atom is 0.442 e. The zero-order valence-corrected chi connectivity index (χ0v) is 9.49. The number of rotatable bonds is 4. The molecule has 0 aromatic rings. The molecule has 88 valence electrons. The second-order valence-electron chi connectivity index (χ2n) is 3.82. The molecule has 1 fully saturated rings.